The molecular formula is C20H33N3O. The molecule has 1 heterocycles. The van der Waals surface area contributed by atoms with Crippen molar-refractivity contribution in [1.82, 2.24) is 15.5 Å². The topological polar surface area (TPSA) is 44.4 Å². The summed E-state index contributed by atoms with van der Waals surface area (Å²) in [6, 6.07) is 8.57. The van der Waals surface area contributed by atoms with E-state index in [1.165, 1.54) is 24.0 Å². The van der Waals surface area contributed by atoms with Gasteiger partial charge in [-0.3, -0.25) is 9.69 Å². The lowest BCUT2D eigenvalue weighted by Gasteiger charge is -2.22. The smallest absolute Gasteiger partial charge is 0.220 e. The summed E-state index contributed by atoms with van der Waals surface area (Å²) in [5.41, 5.74) is 2.51. The molecule has 1 aromatic carbocycles. The van der Waals surface area contributed by atoms with Crippen LogP contribution in [0.4, 0.5) is 0 Å². The Kier molecular flexibility index (Phi) is 8.26. The third-order valence-electron chi connectivity index (χ3n) is 5.02. The predicted molar refractivity (Wildman–Crippen MR) is 99.7 cm³/mol. The van der Waals surface area contributed by atoms with Gasteiger partial charge >= 0.3 is 0 Å². The van der Waals surface area contributed by atoms with E-state index in [-0.39, 0.29) is 5.91 Å². The molecule has 0 unspecified atom stereocenters. The van der Waals surface area contributed by atoms with Gasteiger partial charge in [-0.25, -0.2) is 0 Å². The second kappa shape index (κ2) is 10.5. The average molecular weight is 332 g/mol. The summed E-state index contributed by atoms with van der Waals surface area (Å²) in [5.74, 6) is 0.900. The van der Waals surface area contributed by atoms with Crippen LogP contribution >= 0.6 is 0 Å². The van der Waals surface area contributed by atoms with Crippen molar-refractivity contribution in [3.05, 3.63) is 35.4 Å². The van der Waals surface area contributed by atoms with Gasteiger partial charge in [0.2, 0.25) is 5.91 Å². The van der Waals surface area contributed by atoms with Gasteiger partial charge < -0.3 is 10.6 Å². The molecule has 1 aliphatic heterocycles. The fraction of sp³-hybridized carbons (Fsp3) is 0.650. The van der Waals surface area contributed by atoms with Crippen molar-refractivity contribution in [1.29, 1.82) is 0 Å². The summed E-state index contributed by atoms with van der Waals surface area (Å²) < 4.78 is 0. The van der Waals surface area contributed by atoms with Gasteiger partial charge in [-0.15, -0.1) is 0 Å². The zero-order chi connectivity index (χ0) is 17.2. The molecule has 1 amide bonds. The van der Waals surface area contributed by atoms with Crippen molar-refractivity contribution in [3.8, 4) is 0 Å². The van der Waals surface area contributed by atoms with Crippen molar-refractivity contribution >= 4 is 5.91 Å². The molecule has 0 aliphatic carbocycles. The Morgan fingerprint density at radius 2 is 1.92 bits per heavy atom. The van der Waals surface area contributed by atoms with Crippen LogP contribution in [-0.4, -0.2) is 37.0 Å². The number of amides is 1. The van der Waals surface area contributed by atoms with Crippen molar-refractivity contribution in [2.24, 2.45) is 5.92 Å². The van der Waals surface area contributed by atoms with Gasteiger partial charge in [0.15, 0.2) is 0 Å². The van der Waals surface area contributed by atoms with Gasteiger partial charge in [0.05, 0.1) is 0 Å². The third-order valence-corrected chi connectivity index (χ3v) is 5.02. The first-order valence-corrected chi connectivity index (χ1v) is 9.48. The molecule has 4 nitrogen and oxygen atoms in total. The Labute approximate surface area is 147 Å². The fourth-order valence-electron chi connectivity index (χ4n) is 3.34. The second-order valence-electron chi connectivity index (χ2n) is 6.79. The predicted octanol–water partition coefficient (Wildman–Crippen LogP) is 2.92. The van der Waals surface area contributed by atoms with E-state index in [9.17, 15) is 4.79 Å². The second-order valence-corrected chi connectivity index (χ2v) is 6.79. The molecule has 24 heavy (non-hydrogen) atoms. The van der Waals surface area contributed by atoms with Crippen molar-refractivity contribution < 1.29 is 4.79 Å². The first kappa shape index (κ1) is 18.9. The summed E-state index contributed by atoms with van der Waals surface area (Å²) in [5, 5.41) is 6.45. The van der Waals surface area contributed by atoms with E-state index >= 15 is 0 Å². The normalized spacial score (nSPS) is 15.6. The molecule has 2 rings (SSSR count). The lowest BCUT2D eigenvalue weighted by atomic mass is 9.93. The molecule has 2 N–H and O–H groups in total. The highest BCUT2D eigenvalue weighted by molar-refractivity contribution is 5.75. The first-order chi connectivity index (χ1) is 11.7. The van der Waals surface area contributed by atoms with E-state index in [1.54, 1.807) is 0 Å². The summed E-state index contributed by atoms with van der Waals surface area (Å²) >= 11 is 0. The number of nitrogens with one attached hydrogen (secondary N) is 2. The van der Waals surface area contributed by atoms with E-state index < -0.39 is 0 Å². The minimum Gasteiger partial charge on any atom is -0.352 e. The summed E-state index contributed by atoms with van der Waals surface area (Å²) in [6.07, 6.45) is 4.10. The summed E-state index contributed by atoms with van der Waals surface area (Å²) in [7, 11) is 0. The monoisotopic (exact) mass is 331 g/mol. The molecule has 1 fully saturated rings. The van der Waals surface area contributed by atoms with Crippen molar-refractivity contribution in [2.75, 3.05) is 26.2 Å². The largest absolute Gasteiger partial charge is 0.352 e. The average Bonchev–Trinajstić information content (AvgIpc) is 2.64. The molecule has 0 aromatic heterocycles. The van der Waals surface area contributed by atoms with E-state index in [1.807, 2.05) is 0 Å². The van der Waals surface area contributed by atoms with Crippen molar-refractivity contribution in [2.45, 2.75) is 52.6 Å². The van der Waals surface area contributed by atoms with Gasteiger partial charge in [0.25, 0.3) is 0 Å². The van der Waals surface area contributed by atoms with Crippen LogP contribution in [-0.2, 0) is 17.9 Å². The van der Waals surface area contributed by atoms with Crippen LogP contribution < -0.4 is 10.6 Å². The molecule has 1 aliphatic rings. The molecule has 0 radical (unpaired) electrons. The van der Waals surface area contributed by atoms with Crippen LogP contribution in [0.5, 0.6) is 0 Å². The standard InChI is InChI=1S/C20H33N3O/c1-3-23(4-2)16-19-7-5-6-18(14-19)15-22-20(24)9-8-17-10-12-21-13-11-17/h5-7,14,17,21H,3-4,8-13,15-16H2,1-2H3,(H,22,24). The molecule has 0 bridgehead atoms. The quantitative estimate of drug-likeness (QED) is 0.731. The molecule has 4 heteroatoms. The van der Waals surface area contributed by atoms with Crippen LogP contribution in [0.3, 0.4) is 0 Å². The minimum atomic E-state index is 0.183. The summed E-state index contributed by atoms with van der Waals surface area (Å²) in [6.45, 7) is 10.3. The van der Waals surface area contributed by atoms with Crippen LogP contribution in [0, 0.1) is 5.92 Å². The Bertz CT molecular complexity index is 493. The van der Waals surface area contributed by atoms with Crippen LogP contribution in [0.2, 0.25) is 0 Å². The molecule has 0 saturated carbocycles. The highest BCUT2D eigenvalue weighted by atomic mass is 16.1. The number of benzene rings is 1. The van der Waals surface area contributed by atoms with Crippen LogP contribution in [0.1, 0.15) is 50.7 Å². The number of carbonyl (C=O) groups is 1. The fourth-order valence-corrected chi connectivity index (χ4v) is 3.34. The maximum absolute atomic E-state index is 12.1. The molecule has 134 valence electrons. The van der Waals surface area contributed by atoms with Gasteiger partial charge in [-0.2, -0.15) is 0 Å². The Morgan fingerprint density at radius 3 is 2.62 bits per heavy atom. The highest BCUT2D eigenvalue weighted by Gasteiger charge is 2.14. The molecule has 1 aromatic rings. The lowest BCUT2D eigenvalue weighted by Crippen LogP contribution is -2.29. The number of piperidine rings is 1. The number of hydrogen-bond acceptors (Lipinski definition) is 3. The number of hydrogen-bond donors (Lipinski definition) is 2. The van der Waals surface area contributed by atoms with E-state index in [4.69, 9.17) is 0 Å². The maximum atomic E-state index is 12.1. The Hall–Kier alpha value is -1.39. The van der Waals surface area contributed by atoms with Crippen molar-refractivity contribution in [3.63, 3.8) is 0 Å². The Morgan fingerprint density at radius 1 is 1.21 bits per heavy atom. The van der Waals surface area contributed by atoms with E-state index in [0.717, 1.165) is 45.1 Å². The maximum Gasteiger partial charge on any atom is 0.220 e. The SMILES string of the molecule is CCN(CC)Cc1cccc(CNC(=O)CCC2CCNCC2)c1. The minimum absolute atomic E-state index is 0.183. The first-order valence-electron chi connectivity index (χ1n) is 9.48. The van der Waals surface area contributed by atoms with Gasteiger partial charge in [-0.05, 0) is 62.5 Å². The summed E-state index contributed by atoms with van der Waals surface area (Å²) in [4.78, 5) is 14.5. The number of carbonyl (C=O) groups excluding carboxylic acids is 1. The lowest BCUT2D eigenvalue weighted by molar-refractivity contribution is -0.121. The number of nitrogens with zero attached hydrogens (tertiary/aromatic N) is 1. The van der Waals surface area contributed by atoms with Gasteiger partial charge in [0, 0.05) is 19.5 Å². The molecule has 1 saturated heterocycles. The Balaban J connectivity index is 1.73. The molecular weight excluding hydrogens is 298 g/mol. The van der Waals surface area contributed by atoms with Gasteiger partial charge in [0.1, 0.15) is 0 Å². The van der Waals surface area contributed by atoms with E-state index in [2.05, 4.69) is 53.6 Å². The molecule has 0 spiro atoms. The van der Waals surface area contributed by atoms with Crippen LogP contribution in [0.25, 0.3) is 0 Å². The van der Waals surface area contributed by atoms with Crippen LogP contribution in [0.15, 0.2) is 24.3 Å². The van der Waals surface area contributed by atoms with Gasteiger partial charge in [-0.1, -0.05) is 38.1 Å². The zero-order valence-corrected chi connectivity index (χ0v) is 15.3. The zero-order valence-electron chi connectivity index (χ0n) is 15.3. The number of rotatable bonds is 9. The highest BCUT2D eigenvalue weighted by Crippen LogP contribution is 2.17. The van der Waals surface area contributed by atoms with E-state index in [0.29, 0.717) is 13.0 Å². The third kappa shape index (κ3) is 6.62. The molecule has 0 atom stereocenters.